The molecule has 3 heterocycles. The summed E-state index contributed by atoms with van der Waals surface area (Å²) < 4.78 is 1.47. The lowest BCUT2D eigenvalue weighted by Crippen LogP contribution is -2.36. The van der Waals surface area contributed by atoms with Gasteiger partial charge in [0.15, 0.2) is 5.65 Å². The second-order valence-corrected chi connectivity index (χ2v) is 6.79. The molecule has 0 saturated carbocycles. The Balaban J connectivity index is 1.63. The topological polar surface area (TPSA) is 54.7 Å². The lowest BCUT2D eigenvalue weighted by atomic mass is 9.99. The van der Waals surface area contributed by atoms with Gasteiger partial charge in [0.1, 0.15) is 0 Å². The normalized spacial score (nSPS) is 13.7. The Labute approximate surface area is 155 Å². The Morgan fingerprint density at radius 2 is 1.70 bits per heavy atom. The van der Waals surface area contributed by atoms with Crippen LogP contribution in [0.5, 0.6) is 0 Å². The van der Waals surface area contributed by atoms with Crippen LogP contribution in [0.3, 0.4) is 0 Å². The highest BCUT2D eigenvalue weighted by Crippen LogP contribution is 2.21. The van der Waals surface area contributed by atoms with Gasteiger partial charge in [0, 0.05) is 19.3 Å². The molecule has 1 aliphatic heterocycles. The maximum Gasteiger partial charge on any atom is 0.265 e. The van der Waals surface area contributed by atoms with Crippen LogP contribution in [0.2, 0.25) is 0 Å². The molecule has 4 aromatic rings. The van der Waals surface area contributed by atoms with E-state index >= 15 is 0 Å². The number of para-hydroxylation sites is 1. The first-order valence-corrected chi connectivity index (χ1v) is 8.98. The van der Waals surface area contributed by atoms with Gasteiger partial charge in [-0.25, -0.2) is 4.98 Å². The van der Waals surface area contributed by atoms with Crippen molar-refractivity contribution in [3.63, 3.8) is 0 Å². The third kappa shape index (κ3) is 2.51. The fourth-order valence-electron chi connectivity index (χ4n) is 3.78. The highest BCUT2D eigenvalue weighted by molar-refractivity contribution is 6.00. The monoisotopic (exact) mass is 355 g/mol. The van der Waals surface area contributed by atoms with E-state index < -0.39 is 0 Å². The van der Waals surface area contributed by atoms with Crippen LogP contribution < -0.4 is 5.56 Å². The molecule has 0 aliphatic carbocycles. The van der Waals surface area contributed by atoms with Gasteiger partial charge in [-0.3, -0.25) is 14.0 Å². The summed E-state index contributed by atoms with van der Waals surface area (Å²) in [4.78, 5) is 32.5. The second kappa shape index (κ2) is 6.06. The number of amides is 1. The van der Waals surface area contributed by atoms with Gasteiger partial charge < -0.3 is 4.90 Å². The van der Waals surface area contributed by atoms with Crippen molar-refractivity contribution in [1.82, 2.24) is 14.3 Å². The fourth-order valence-corrected chi connectivity index (χ4v) is 3.78. The second-order valence-electron chi connectivity index (χ2n) is 6.79. The average molecular weight is 355 g/mol. The number of hydrogen-bond donors (Lipinski definition) is 0. The number of benzene rings is 2. The van der Waals surface area contributed by atoms with E-state index in [0.717, 1.165) is 6.42 Å². The minimum absolute atomic E-state index is 0.0928. The van der Waals surface area contributed by atoms with Gasteiger partial charge >= 0.3 is 0 Å². The maximum atomic E-state index is 13.2. The van der Waals surface area contributed by atoms with Crippen molar-refractivity contribution < 1.29 is 4.79 Å². The minimum atomic E-state index is -0.158. The molecule has 132 valence electrons. The molecule has 0 unspecified atom stereocenters. The molecule has 2 aromatic heterocycles. The van der Waals surface area contributed by atoms with E-state index in [4.69, 9.17) is 0 Å². The van der Waals surface area contributed by atoms with Crippen molar-refractivity contribution in [3.05, 3.63) is 93.9 Å². The largest absolute Gasteiger partial charge is 0.334 e. The molecule has 0 N–H and O–H groups in total. The first kappa shape index (κ1) is 15.8. The summed E-state index contributed by atoms with van der Waals surface area (Å²) in [5.74, 6) is -0.0928. The molecule has 0 atom stereocenters. The Morgan fingerprint density at radius 3 is 2.59 bits per heavy atom. The maximum absolute atomic E-state index is 13.2. The van der Waals surface area contributed by atoms with E-state index in [1.807, 2.05) is 29.2 Å². The predicted molar refractivity (Wildman–Crippen MR) is 104 cm³/mol. The molecule has 1 aliphatic rings. The summed E-state index contributed by atoms with van der Waals surface area (Å²) in [6.07, 6.45) is 2.50. The van der Waals surface area contributed by atoms with Gasteiger partial charge in [-0.2, -0.15) is 0 Å². The van der Waals surface area contributed by atoms with Crippen LogP contribution >= 0.6 is 0 Å². The van der Waals surface area contributed by atoms with Gasteiger partial charge in [-0.05, 0) is 41.8 Å². The molecule has 0 radical (unpaired) electrons. The number of nitrogens with zero attached hydrogens (tertiary/aromatic N) is 3. The van der Waals surface area contributed by atoms with E-state index in [9.17, 15) is 9.59 Å². The first-order valence-electron chi connectivity index (χ1n) is 8.98. The van der Waals surface area contributed by atoms with Crippen LogP contribution in [0.15, 0.2) is 71.7 Å². The molecular formula is C22H17N3O2. The molecule has 5 rings (SSSR count). The minimum Gasteiger partial charge on any atom is -0.334 e. The summed E-state index contributed by atoms with van der Waals surface area (Å²) >= 11 is 0. The average Bonchev–Trinajstić information content (AvgIpc) is 2.73. The third-order valence-electron chi connectivity index (χ3n) is 5.20. The summed E-state index contributed by atoms with van der Waals surface area (Å²) in [6, 6.07) is 18.9. The summed E-state index contributed by atoms with van der Waals surface area (Å²) in [6.45, 7) is 1.24. The van der Waals surface area contributed by atoms with Crippen molar-refractivity contribution in [3.8, 4) is 0 Å². The van der Waals surface area contributed by atoms with Crippen molar-refractivity contribution in [2.24, 2.45) is 0 Å². The first-order chi connectivity index (χ1) is 13.2. The smallest absolute Gasteiger partial charge is 0.265 e. The number of aromatic nitrogens is 2. The summed E-state index contributed by atoms with van der Waals surface area (Å²) in [5, 5.41) is 0.548. The van der Waals surface area contributed by atoms with E-state index in [-0.39, 0.29) is 11.5 Å². The molecule has 0 bridgehead atoms. The molecule has 5 heteroatoms. The highest BCUT2D eigenvalue weighted by Gasteiger charge is 2.24. The van der Waals surface area contributed by atoms with Crippen molar-refractivity contribution in [2.75, 3.05) is 6.54 Å². The Morgan fingerprint density at radius 1 is 0.926 bits per heavy atom. The van der Waals surface area contributed by atoms with E-state index in [1.54, 1.807) is 30.5 Å². The Hall–Kier alpha value is -3.47. The number of carbonyl (C=O) groups is 1. The number of rotatable bonds is 1. The molecule has 0 fully saturated rings. The van der Waals surface area contributed by atoms with Gasteiger partial charge in [0.2, 0.25) is 0 Å². The van der Waals surface area contributed by atoms with Gasteiger partial charge in [0.25, 0.3) is 11.5 Å². The van der Waals surface area contributed by atoms with Crippen molar-refractivity contribution in [1.29, 1.82) is 0 Å². The molecule has 27 heavy (non-hydrogen) atoms. The zero-order chi connectivity index (χ0) is 18.4. The number of pyridine rings is 1. The van der Waals surface area contributed by atoms with Crippen LogP contribution in [0.1, 0.15) is 21.5 Å². The zero-order valence-electron chi connectivity index (χ0n) is 14.6. The number of fused-ring (bicyclic) bond motifs is 3. The molecule has 0 spiro atoms. The lowest BCUT2D eigenvalue weighted by molar-refractivity contribution is 0.0736. The van der Waals surface area contributed by atoms with Crippen LogP contribution in [0.4, 0.5) is 0 Å². The molecular weight excluding hydrogens is 338 g/mol. The highest BCUT2D eigenvalue weighted by atomic mass is 16.2. The van der Waals surface area contributed by atoms with Crippen LogP contribution in [-0.4, -0.2) is 26.7 Å². The quantitative estimate of drug-likeness (QED) is 0.493. The summed E-state index contributed by atoms with van der Waals surface area (Å²) in [5.41, 5.74) is 3.78. The van der Waals surface area contributed by atoms with E-state index in [0.29, 0.717) is 35.2 Å². The predicted octanol–water partition coefficient (Wildman–Crippen LogP) is 3.05. The van der Waals surface area contributed by atoms with Gasteiger partial charge in [-0.1, -0.05) is 36.4 Å². The van der Waals surface area contributed by atoms with Crippen molar-refractivity contribution >= 4 is 22.5 Å². The summed E-state index contributed by atoms with van der Waals surface area (Å²) in [7, 11) is 0. The number of hydrogen-bond acceptors (Lipinski definition) is 3. The van der Waals surface area contributed by atoms with Gasteiger partial charge in [0.05, 0.1) is 16.5 Å². The lowest BCUT2D eigenvalue weighted by Gasteiger charge is -2.29. The standard InChI is InChI=1S/C22H17N3O2/c26-21(24-13-11-15-6-1-2-7-16(15)14-24)18-9-5-12-25-20(18)23-19-10-4-3-8-17(19)22(25)27/h1-10,12H,11,13-14H2. The Kier molecular flexibility index (Phi) is 3.53. The van der Waals surface area contributed by atoms with Crippen LogP contribution in [0.25, 0.3) is 16.6 Å². The van der Waals surface area contributed by atoms with Crippen LogP contribution in [-0.2, 0) is 13.0 Å². The number of carbonyl (C=O) groups excluding carboxylic acids is 1. The molecule has 5 nitrogen and oxygen atoms in total. The van der Waals surface area contributed by atoms with Crippen molar-refractivity contribution in [2.45, 2.75) is 13.0 Å². The molecule has 1 amide bonds. The van der Waals surface area contributed by atoms with Crippen LogP contribution in [0, 0.1) is 0 Å². The third-order valence-corrected chi connectivity index (χ3v) is 5.20. The van der Waals surface area contributed by atoms with E-state index in [2.05, 4.69) is 17.1 Å². The Bertz CT molecular complexity index is 1260. The SMILES string of the molecule is O=C(c1cccn2c(=O)c3ccccc3nc12)N1CCc2ccccc2C1. The fraction of sp³-hybridized carbons (Fsp3) is 0.136. The zero-order valence-corrected chi connectivity index (χ0v) is 14.6. The molecule has 0 saturated heterocycles. The molecule has 2 aromatic carbocycles. The van der Waals surface area contributed by atoms with E-state index in [1.165, 1.54) is 15.5 Å². The van der Waals surface area contributed by atoms with Gasteiger partial charge in [-0.15, -0.1) is 0 Å².